The maximum atomic E-state index is 11.8. The van der Waals surface area contributed by atoms with E-state index in [1.54, 1.807) is 13.1 Å². The number of carbonyl (C=O) groups excluding carboxylic acids is 1. The Kier molecular flexibility index (Phi) is 4.66. The van der Waals surface area contributed by atoms with Crippen LogP contribution in [0.2, 0.25) is 0 Å². The molecule has 1 aromatic rings. The molecule has 1 aromatic carbocycles. The number of benzene rings is 1. The Balaban J connectivity index is 3.13. The average molecular weight is 236 g/mol. The van der Waals surface area contributed by atoms with Gasteiger partial charge < -0.3 is 15.3 Å². The normalized spacial score (nSPS) is 10.9. The van der Waals surface area contributed by atoms with Crippen LogP contribution in [0.4, 0.5) is 0 Å². The molecular weight excluding hydrogens is 216 g/mol. The van der Waals surface area contributed by atoms with Crippen LogP contribution in [0.3, 0.4) is 0 Å². The Morgan fingerprint density at radius 1 is 1.41 bits per heavy atom. The summed E-state index contributed by atoms with van der Waals surface area (Å²) in [6.07, 6.45) is 0. The smallest absolute Gasteiger partial charge is 0.180 e. The highest BCUT2D eigenvalue weighted by Gasteiger charge is 2.15. The van der Waals surface area contributed by atoms with E-state index in [2.05, 4.69) is 5.32 Å². The van der Waals surface area contributed by atoms with Gasteiger partial charge in [-0.15, -0.1) is 0 Å². The van der Waals surface area contributed by atoms with Gasteiger partial charge in [-0.25, -0.2) is 0 Å². The van der Waals surface area contributed by atoms with Gasteiger partial charge >= 0.3 is 0 Å². The fraction of sp³-hybridized carbons (Fsp3) is 0.462. The van der Waals surface area contributed by atoms with Crippen molar-refractivity contribution < 1.29 is 9.90 Å². The van der Waals surface area contributed by atoms with Crippen LogP contribution in [0.25, 0.3) is 0 Å². The number of hydrogen-bond donors (Lipinski definition) is 2. The molecule has 94 valence electrons. The minimum absolute atomic E-state index is 0.0892. The number of nitrogens with zero attached hydrogens (tertiary/aromatic N) is 1. The standard InChI is InChI=1S/C13H20N2O2/c1-9-5-10(8-15(3)4)13(17)11(6-9)12(16)7-14-2/h5-6,14,17H,7-8H2,1-4H3. The molecule has 0 heterocycles. The number of phenolic OH excluding ortho intramolecular Hbond substituents is 1. The minimum atomic E-state index is -0.0892. The van der Waals surface area contributed by atoms with E-state index in [1.165, 1.54) is 0 Å². The lowest BCUT2D eigenvalue weighted by Crippen LogP contribution is -2.19. The van der Waals surface area contributed by atoms with Gasteiger partial charge in [-0.05, 0) is 39.7 Å². The first-order chi connectivity index (χ1) is 7.95. The van der Waals surface area contributed by atoms with E-state index in [4.69, 9.17) is 0 Å². The fourth-order valence-corrected chi connectivity index (χ4v) is 1.78. The Morgan fingerprint density at radius 3 is 2.59 bits per heavy atom. The molecule has 1 rings (SSSR count). The van der Waals surface area contributed by atoms with E-state index in [1.807, 2.05) is 32.0 Å². The molecule has 0 aliphatic rings. The second-order valence-corrected chi connectivity index (χ2v) is 4.51. The van der Waals surface area contributed by atoms with Crippen molar-refractivity contribution in [3.8, 4) is 5.75 Å². The van der Waals surface area contributed by atoms with Crippen LogP contribution >= 0.6 is 0 Å². The van der Waals surface area contributed by atoms with Crippen molar-refractivity contribution in [2.24, 2.45) is 0 Å². The van der Waals surface area contributed by atoms with E-state index in [-0.39, 0.29) is 18.1 Å². The minimum Gasteiger partial charge on any atom is -0.507 e. The van der Waals surface area contributed by atoms with E-state index >= 15 is 0 Å². The van der Waals surface area contributed by atoms with Gasteiger partial charge in [0.25, 0.3) is 0 Å². The van der Waals surface area contributed by atoms with Gasteiger partial charge in [0, 0.05) is 12.1 Å². The molecule has 0 aliphatic carbocycles. The van der Waals surface area contributed by atoms with Crippen molar-refractivity contribution in [3.63, 3.8) is 0 Å². The van der Waals surface area contributed by atoms with Crippen LogP contribution in [0.15, 0.2) is 12.1 Å². The summed E-state index contributed by atoms with van der Waals surface area (Å²) in [5, 5.41) is 12.9. The number of phenols is 1. The lowest BCUT2D eigenvalue weighted by atomic mass is 10.0. The molecule has 4 nitrogen and oxygen atoms in total. The van der Waals surface area contributed by atoms with E-state index in [9.17, 15) is 9.90 Å². The maximum Gasteiger partial charge on any atom is 0.180 e. The molecule has 0 unspecified atom stereocenters. The molecule has 0 atom stereocenters. The number of aryl methyl sites for hydroxylation is 1. The Morgan fingerprint density at radius 2 is 2.06 bits per heavy atom. The highest BCUT2D eigenvalue weighted by molar-refractivity contribution is 6.00. The van der Waals surface area contributed by atoms with Gasteiger partial charge in [0.2, 0.25) is 0 Å². The van der Waals surface area contributed by atoms with Crippen molar-refractivity contribution in [3.05, 3.63) is 28.8 Å². The Bertz CT molecular complexity index is 414. The summed E-state index contributed by atoms with van der Waals surface area (Å²) in [6, 6.07) is 3.64. The number of carbonyl (C=O) groups is 1. The number of ketones is 1. The number of likely N-dealkylation sites (N-methyl/N-ethyl adjacent to an activating group) is 1. The van der Waals surface area contributed by atoms with Gasteiger partial charge in [0.15, 0.2) is 5.78 Å². The number of rotatable bonds is 5. The third-order valence-corrected chi connectivity index (χ3v) is 2.46. The van der Waals surface area contributed by atoms with Crippen LogP contribution in [0.1, 0.15) is 21.5 Å². The number of nitrogens with one attached hydrogen (secondary N) is 1. The first-order valence-corrected chi connectivity index (χ1v) is 5.60. The second-order valence-electron chi connectivity index (χ2n) is 4.51. The molecule has 0 bridgehead atoms. The fourth-order valence-electron chi connectivity index (χ4n) is 1.78. The van der Waals surface area contributed by atoms with Crippen LogP contribution in [0, 0.1) is 6.92 Å². The van der Waals surface area contributed by atoms with E-state index in [0.29, 0.717) is 12.1 Å². The lowest BCUT2D eigenvalue weighted by molar-refractivity contribution is 0.0990. The highest BCUT2D eigenvalue weighted by Crippen LogP contribution is 2.25. The molecule has 2 N–H and O–H groups in total. The van der Waals surface area contributed by atoms with E-state index < -0.39 is 0 Å². The Labute approximate surface area is 102 Å². The van der Waals surface area contributed by atoms with Gasteiger partial charge in [0.1, 0.15) is 5.75 Å². The van der Waals surface area contributed by atoms with Crippen LogP contribution < -0.4 is 5.32 Å². The largest absolute Gasteiger partial charge is 0.507 e. The lowest BCUT2D eigenvalue weighted by Gasteiger charge is -2.14. The summed E-state index contributed by atoms with van der Waals surface area (Å²) in [4.78, 5) is 13.8. The molecule has 0 radical (unpaired) electrons. The molecule has 4 heteroatoms. The third-order valence-electron chi connectivity index (χ3n) is 2.46. The first-order valence-electron chi connectivity index (χ1n) is 5.60. The zero-order valence-corrected chi connectivity index (χ0v) is 10.9. The van der Waals surface area contributed by atoms with Gasteiger partial charge in [0.05, 0.1) is 12.1 Å². The topological polar surface area (TPSA) is 52.6 Å². The third kappa shape index (κ3) is 3.54. The summed E-state index contributed by atoms with van der Waals surface area (Å²) in [5.41, 5.74) is 2.17. The van der Waals surface area contributed by atoms with Crippen LogP contribution in [-0.2, 0) is 6.54 Å². The van der Waals surface area contributed by atoms with Crippen molar-refractivity contribution in [2.75, 3.05) is 27.7 Å². The summed E-state index contributed by atoms with van der Waals surface area (Å²) in [6.45, 7) is 2.78. The monoisotopic (exact) mass is 236 g/mol. The second kappa shape index (κ2) is 5.80. The quantitative estimate of drug-likeness (QED) is 0.753. The van der Waals surface area contributed by atoms with Gasteiger partial charge in [-0.3, -0.25) is 4.79 Å². The number of Topliss-reactive ketones (excluding diaryl/α,β-unsaturated/α-hetero) is 1. The maximum absolute atomic E-state index is 11.8. The first kappa shape index (κ1) is 13.7. The van der Waals surface area contributed by atoms with Crippen LogP contribution in [-0.4, -0.2) is 43.5 Å². The van der Waals surface area contributed by atoms with Crippen LogP contribution in [0.5, 0.6) is 5.75 Å². The number of aromatic hydroxyl groups is 1. The molecule has 0 fully saturated rings. The summed E-state index contributed by atoms with van der Waals surface area (Å²) in [5.74, 6) is 0.0123. The molecule has 0 saturated heterocycles. The summed E-state index contributed by atoms with van der Waals surface area (Å²) < 4.78 is 0. The van der Waals surface area contributed by atoms with E-state index in [0.717, 1.165) is 11.1 Å². The summed E-state index contributed by atoms with van der Waals surface area (Å²) in [7, 11) is 5.57. The van der Waals surface area contributed by atoms with Gasteiger partial charge in [-0.2, -0.15) is 0 Å². The molecule has 0 spiro atoms. The molecule has 17 heavy (non-hydrogen) atoms. The predicted octanol–water partition coefficient (Wildman–Crippen LogP) is 1.16. The Hall–Kier alpha value is -1.39. The van der Waals surface area contributed by atoms with Crippen molar-refractivity contribution in [1.82, 2.24) is 10.2 Å². The van der Waals surface area contributed by atoms with Crippen molar-refractivity contribution >= 4 is 5.78 Å². The van der Waals surface area contributed by atoms with Crippen molar-refractivity contribution in [2.45, 2.75) is 13.5 Å². The van der Waals surface area contributed by atoms with Crippen molar-refractivity contribution in [1.29, 1.82) is 0 Å². The predicted molar refractivity (Wildman–Crippen MR) is 68.5 cm³/mol. The molecular formula is C13H20N2O2. The molecule has 0 saturated carbocycles. The highest BCUT2D eigenvalue weighted by atomic mass is 16.3. The zero-order valence-electron chi connectivity index (χ0n) is 10.9. The SMILES string of the molecule is CNCC(=O)c1cc(C)cc(CN(C)C)c1O. The average Bonchev–Trinajstić information content (AvgIpc) is 2.22. The van der Waals surface area contributed by atoms with Gasteiger partial charge in [-0.1, -0.05) is 6.07 Å². The number of hydrogen-bond acceptors (Lipinski definition) is 4. The molecule has 0 aromatic heterocycles. The summed E-state index contributed by atoms with van der Waals surface area (Å²) >= 11 is 0. The molecule has 0 amide bonds. The molecule has 0 aliphatic heterocycles. The zero-order chi connectivity index (χ0) is 13.0.